The van der Waals surface area contributed by atoms with Crippen molar-refractivity contribution in [3.63, 3.8) is 0 Å². The van der Waals surface area contributed by atoms with Gasteiger partial charge in [0, 0.05) is 11.3 Å². The second-order valence-corrected chi connectivity index (χ2v) is 6.06. The molecule has 1 heterocycles. The summed E-state index contributed by atoms with van der Waals surface area (Å²) in [5, 5.41) is 14.3. The number of carbonyl (C=O) groups is 2. The summed E-state index contributed by atoms with van der Waals surface area (Å²) in [6.07, 6.45) is 0. The van der Waals surface area contributed by atoms with Crippen molar-refractivity contribution in [1.82, 2.24) is 20.2 Å². The molecule has 3 aromatic rings. The van der Waals surface area contributed by atoms with Gasteiger partial charge in [0.05, 0.1) is 5.69 Å². The monoisotopic (exact) mass is 365 g/mol. The number of carbonyl (C=O) groups excluding carboxylic acids is 2. The van der Waals surface area contributed by atoms with E-state index in [0.717, 1.165) is 11.3 Å². The lowest BCUT2D eigenvalue weighted by atomic mass is 10.1. The zero-order chi connectivity index (χ0) is 19.4. The quantitative estimate of drug-likeness (QED) is 0.674. The molecule has 0 saturated carbocycles. The highest BCUT2D eigenvalue weighted by Crippen LogP contribution is 2.19. The number of tetrazole rings is 1. The normalized spacial score (nSPS) is 10.5. The molecule has 1 aromatic heterocycles. The van der Waals surface area contributed by atoms with Crippen LogP contribution >= 0.6 is 0 Å². The van der Waals surface area contributed by atoms with Crippen LogP contribution in [-0.4, -0.2) is 38.5 Å². The number of benzene rings is 2. The molecule has 0 saturated heterocycles. The summed E-state index contributed by atoms with van der Waals surface area (Å²) in [7, 11) is 0. The molecule has 138 valence electrons. The van der Waals surface area contributed by atoms with Crippen molar-refractivity contribution in [2.24, 2.45) is 0 Å². The predicted octanol–water partition coefficient (Wildman–Crippen LogP) is 2.50. The van der Waals surface area contributed by atoms with Crippen molar-refractivity contribution in [3.05, 3.63) is 59.4 Å². The Bertz CT molecular complexity index is 979. The van der Waals surface area contributed by atoms with Gasteiger partial charge in [-0.05, 0) is 73.2 Å². The Balaban J connectivity index is 1.64. The average molecular weight is 365 g/mol. The number of hydrogen-bond acceptors (Lipinski definition) is 6. The smallest absolute Gasteiger partial charge is 0.262 e. The zero-order valence-corrected chi connectivity index (χ0v) is 15.3. The van der Waals surface area contributed by atoms with Crippen LogP contribution in [0, 0.1) is 13.8 Å². The van der Waals surface area contributed by atoms with Crippen LogP contribution in [0.2, 0.25) is 0 Å². The fourth-order valence-electron chi connectivity index (χ4n) is 2.50. The summed E-state index contributed by atoms with van der Waals surface area (Å²) in [5.74, 6) is 0.851. The van der Waals surface area contributed by atoms with Gasteiger partial charge >= 0.3 is 0 Å². The van der Waals surface area contributed by atoms with Gasteiger partial charge in [0.15, 0.2) is 18.2 Å². The number of anilines is 1. The third kappa shape index (κ3) is 4.35. The zero-order valence-electron chi connectivity index (χ0n) is 15.3. The van der Waals surface area contributed by atoms with Crippen molar-refractivity contribution in [3.8, 4) is 11.4 Å². The minimum atomic E-state index is -0.297. The molecule has 0 spiro atoms. The summed E-state index contributed by atoms with van der Waals surface area (Å²) >= 11 is 0. The van der Waals surface area contributed by atoms with E-state index < -0.39 is 0 Å². The first kappa shape index (κ1) is 18.2. The largest absolute Gasteiger partial charge is 0.484 e. The Morgan fingerprint density at radius 2 is 1.85 bits per heavy atom. The number of ether oxygens (including phenoxy) is 1. The lowest BCUT2D eigenvalue weighted by Gasteiger charge is -2.11. The molecule has 0 unspecified atom stereocenters. The fraction of sp³-hybridized carbons (Fsp3) is 0.211. The van der Waals surface area contributed by atoms with Crippen molar-refractivity contribution in [2.45, 2.75) is 20.8 Å². The second kappa shape index (κ2) is 7.77. The van der Waals surface area contributed by atoms with Gasteiger partial charge < -0.3 is 10.1 Å². The Morgan fingerprint density at radius 3 is 2.48 bits per heavy atom. The molecular weight excluding hydrogens is 346 g/mol. The summed E-state index contributed by atoms with van der Waals surface area (Å²) < 4.78 is 7.07. The molecule has 0 fully saturated rings. The highest BCUT2D eigenvalue weighted by molar-refractivity contribution is 5.94. The van der Waals surface area contributed by atoms with E-state index in [0.29, 0.717) is 22.8 Å². The van der Waals surface area contributed by atoms with E-state index >= 15 is 0 Å². The summed E-state index contributed by atoms with van der Waals surface area (Å²) in [4.78, 5) is 23.4. The molecule has 2 aromatic carbocycles. The van der Waals surface area contributed by atoms with Crippen molar-refractivity contribution < 1.29 is 14.3 Å². The summed E-state index contributed by atoms with van der Waals surface area (Å²) in [6, 6.07) is 12.1. The average Bonchev–Trinajstić information content (AvgIpc) is 3.07. The fourth-order valence-corrected chi connectivity index (χ4v) is 2.50. The standard InChI is InChI=1S/C19H19N5O3/c1-12-4-7-16(10-18(12)24-14(3)21-22-23-24)20-19(26)11-27-17-8-5-15(6-9-17)13(2)25/h4-10H,11H2,1-3H3,(H,20,26). The van der Waals surface area contributed by atoms with Crippen molar-refractivity contribution in [2.75, 3.05) is 11.9 Å². The molecule has 0 atom stereocenters. The molecular formula is C19H19N5O3. The molecule has 0 aliphatic rings. The summed E-state index contributed by atoms with van der Waals surface area (Å²) in [6.45, 7) is 5.09. The number of hydrogen-bond donors (Lipinski definition) is 1. The second-order valence-electron chi connectivity index (χ2n) is 6.06. The Morgan fingerprint density at radius 1 is 1.11 bits per heavy atom. The van der Waals surface area contributed by atoms with Crippen LogP contribution in [-0.2, 0) is 4.79 Å². The van der Waals surface area contributed by atoms with Gasteiger partial charge in [0.2, 0.25) is 0 Å². The molecule has 8 nitrogen and oxygen atoms in total. The van der Waals surface area contributed by atoms with Gasteiger partial charge in [-0.3, -0.25) is 9.59 Å². The van der Waals surface area contributed by atoms with Gasteiger partial charge in [-0.15, -0.1) is 5.10 Å². The lowest BCUT2D eigenvalue weighted by Crippen LogP contribution is -2.20. The first-order valence-electron chi connectivity index (χ1n) is 8.33. The Hall–Kier alpha value is -3.55. The first-order valence-corrected chi connectivity index (χ1v) is 8.33. The lowest BCUT2D eigenvalue weighted by molar-refractivity contribution is -0.118. The third-order valence-corrected chi connectivity index (χ3v) is 3.98. The van der Waals surface area contributed by atoms with Gasteiger partial charge in [-0.25, -0.2) is 0 Å². The number of rotatable bonds is 6. The van der Waals surface area contributed by atoms with E-state index in [1.54, 1.807) is 48.0 Å². The van der Waals surface area contributed by atoms with Crippen molar-refractivity contribution >= 4 is 17.4 Å². The molecule has 8 heteroatoms. The van der Waals surface area contributed by atoms with E-state index in [-0.39, 0.29) is 18.3 Å². The molecule has 3 rings (SSSR count). The van der Waals surface area contributed by atoms with E-state index in [4.69, 9.17) is 4.74 Å². The van der Waals surface area contributed by atoms with E-state index in [1.165, 1.54) is 6.92 Å². The minimum absolute atomic E-state index is 0.0210. The summed E-state index contributed by atoms with van der Waals surface area (Å²) in [5.41, 5.74) is 2.98. The molecule has 1 N–H and O–H groups in total. The van der Waals surface area contributed by atoms with Crippen LogP contribution in [0.15, 0.2) is 42.5 Å². The topological polar surface area (TPSA) is 99.0 Å². The van der Waals surface area contributed by atoms with Crippen LogP contribution in [0.4, 0.5) is 5.69 Å². The molecule has 0 radical (unpaired) electrons. The van der Waals surface area contributed by atoms with Crippen LogP contribution in [0.3, 0.4) is 0 Å². The van der Waals surface area contributed by atoms with Crippen molar-refractivity contribution in [1.29, 1.82) is 0 Å². The molecule has 27 heavy (non-hydrogen) atoms. The maximum Gasteiger partial charge on any atom is 0.262 e. The van der Waals surface area contributed by atoms with E-state index in [2.05, 4.69) is 20.8 Å². The molecule has 1 amide bonds. The number of Topliss-reactive ketones (excluding diaryl/α,β-unsaturated/α-hetero) is 1. The number of nitrogens with zero attached hydrogens (tertiary/aromatic N) is 4. The van der Waals surface area contributed by atoms with Crippen LogP contribution < -0.4 is 10.1 Å². The maximum absolute atomic E-state index is 12.2. The van der Waals surface area contributed by atoms with E-state index in [9.17, 15) is 9.59 Å². The third-order valence-electron chi connectivity index (χ3n) is 3.98. The minimum Gasteiger partial charge on any atom is -0.484 e. The first-order chi connectivity index (χ1) is 12.9. The van der Waals surface area contributed by atoms with Gasteiger partial charge in [0.25, 0.3) is 5.91 Å². The van der Waals surface area contributed by atoms with Crippen LogP contribution in [0.1, 0.15) is 28.7 Å². The highest BCUT2D eigenvalue weighted by atomic mass is 16.5. The molecule has 0 bridgehead atoms. The van der Waals surface area contributed by atoms with Crippen LogP contribution in [0.25, 0.3) is 5.69 Å². The predicted molar refractivity (Wildman–Crippen MR) is 99.2 cm³/mol. The number of aromatic nitrogens is 4. The van der Waals surface area contributed by atoms with Gasteiger partial charge in [-0.1, -0.05) is 6.07 Å². The maximum atomic E-state index is 12.2. The van der Waals surface area contributed by atoms with E-state index in [1.807, 2.05) is 13.0 Å². The number of ketones is 1. The SMILES string of the molecule is CC(=O)c1ccc(OCC(=O)Nc2ccc(C)c(-n3nnnc3C)c2)cc1. The van der Waals surface area contributed by atoms with Gasteiger partial charge in [-0.2, -0.15) is 4.68 Å². The molecule has 0 aliphatic carbocycles. The van der Waals surface area contributed by atoms with Crippen LogP contribution in [0.5, 0.6) is 5.75 Å². The number of nitrogens with one attached hydrogen (secondary N) is 1. The Labute approximate surface area is 156 Å². The number of amides is 1. The Kier molecular flexibility index (Phi) is 5.25. The van der Waals surface area contributed by atoms with Gasteiger partial charge in [0.1, 0.15) is 5.75 Å². The highest BCUT2D eigenvalue weighted by Gasteiger charge is 2.10. The molecule has 0 aliphatic heterocycles. The number of aryl methyl sites for hydroxylation is 2.